The molecule has 0 saturated carbocycles. The Bertz CT molecular complexity index is 491. The molecule has 18 heavy (non-hydrogen) atoms. The van der Waals surface area contributed by atoms with E-state index < -0.39 is 6.10 Å². The van der Waals surface area contributed by atoms with E-state index in [0.29, 0.717) is 6.42 Å². The van der Waals surface area contributed by atoms with E-state index in [9.17, 15) is 5.11 Å². The monoisotopic (exact) mass is 306 g/mol. The molecule has 0 unspecified atom stereocenters. The molecular formula is C15H15BrO2. The molecule has 0 aliphatic carbocycles. The first kappa shape index (κ1) is 13.1. The molecule has 1 atom stereocenters. The number of rotatable bonds is 4. The molecule has 94 valence electrons. The summed E-state index contributed by atoms with van der Waals surface area (Å²) in [5, 5.41) is 9.69. The molecule has 0 heterocycles. The minimum Gasteiger partial charge on any atom is -0.457 e. The highest BCUT2D eigenvalue weighted by Gasteiger charge is 2.04. The fraction of sp³-hybridized carbons (Fsp3) is 0.200. The molecule has 0 fully saturated rings. The van der Waals surface area contributed by atoms with Crippen molar-refractivity contribution in [3.63, 3.8) is 0 Å². The fourth-order valence-electron chi connectivity index (χ4n) is 1.63. The molecule has 2 rings (SSSR count). The molecule has 1 N–H and O–H groups in total. The van der Waals surface area contributed by atoms with Crippen LogP contribution in [0.25, 0.3) is 0 Å². The molecule has 2 aromatic carbocycles. The minimum absolute atomic E-state index is 0.397. The van der Waals surface area contributed by atoms with Gasteiger partial charge in [0.05, 0.1) is 6.10 Å². The van der Waals surface area contributed by atoms with Gasteiger partial charge in [-0.3, -0.25) is 0 Å². The summed E-state index contributed by atoms with van der Waals surface area (Å²) in [5.74, 6) is 1.56. The Morgan fingerprint density at radius 3 is 2.00 bits per heavy atom. The van der Waals surface area contributed by atoms with Gasteiger partial charge in [0.25, 0.3) is 0 Å². The quantitative estimate of drug-likeness (QED) is 0.888. The van der Waals surface area contributed by atoms with E-state index in [1.165, 1.54) is 0 Å². The first-order valence-corrected chi connectivity index (χ1v) is 6.70. The fourth-order valence-corrected chi connectivity index (χ4v) is 1.90. The van der Waals surface area contributed by atoms with Crippen molar-refractivity contribution >= 4 is 15.9 Å². The van der Waals surface area contributed by atoms with Crippen LogP contribution in [-0.2, 0) is 0 Å². The lowest BCUT2D eigenvalue weighted by atomic mass is 10.1. The van der Waals surface area contributed by atoms with E-state index in [-0.39, 0.29) is 0 Å². The molecule has 3 heteroatoms. The second-order valence-electron chi connectivity index (χ2n) is 4.05. The number of hydrogen-bond acceptors (Lipinski definition) is 2. The zero-order chi connectivity index (χ0) is 13.0. The Morgan fingerprint density at radius 1 is 1.00 bits per heavy atom. The summed E-state index contributed by atoms with van der Waals surface area (Å²) in [6, 6.07) is 15.2. The second kappa shape index (κ2) is 6.03. The summed E-state index contributed by atoms with van der Waals surface area (Å²) in [6.07, 6.45) is 0.319. The van der Waals surface area contributed by atoms with E-state index in [4.69, 9.17) is 4.74 Å². The summed E-state index contributed by atoms with van der Waals surface area (Å²) < 4.78 is 6.72. The van der Waals surface area contributed by atoms with Gasteiger partial charge >= 0.3 is 0 Å². The lowest BCUT2D eigenvalue weighted by Crippen LogP contribution is -1.94. The van der Waals surface area contributed by atoms with Crippen LogP contribution in [0.1, 0.15) is 25.0 Å². The molecule has 0 aliphatic heterocycles. The average molecular weight is 307 g/mol. The molecular weight excluding hydrogens is 292 g/mol. The topological polar surface area (TPSA) is 29.5 Å². The summed E-state index contributed by atoms with van der Waals surface area (Å²) >= 11 is 3.38. The number of ether oxygens (including phenoxy) is 1. The Hall–Kier alpha value is -1.32. The molecule has 0 spiro atoms. The first-order chi connectivity index (χ1) is 8.69. The maximum Gasteiger partial charge on any atom is 0.127 e. The van der Waals surface area contributed by atoms with Crippen molar-refractivity contribution in [2.75, 3.05) is 0 Å². The Kier molecular flexibility index (Phi) is 4.39. The third kappa shape index (κ3) is 3.34. The highest BCUT2D eigenvalue weighted by Crippen LogP contribution is 2.25. The molecule has 0 aliphatic rings. The van der Waals surface area contributed by atoms with E-state index in [1.807, 2.05) is 55.5 Å². The average Bonchev–Trinajstić information content (AvgIpc) is 2.41. The van der Waals surface area contributed by atoms with Crippen LogP contribution >= 0.6 is 15.9 Å². The zero-order valence-electron chi connectivity index (χ0n) is 10.1. The molecule has 0 aromatic heterocycles. The normalized spacial score (nSPS) is 12.2. The van der Waals surface area contributed by atoms with Crippen LogP contribution in [0.5, 0.6) is 11.5 Å². The van der Waals surface area contributed by atoms with Crippen molar-refractivity contribution in [3.8, 4) is 11.5 Å². The van der Waals surface area contributed by atoms with Crippen LogP contribution in [0.15, 0.2) is 53.0 Å². The van der Waals surface area contributed by atoms with E-state index in [0.717, 1.165) is 21.5 Å². The Morgan fingerprint density at radius 2 is 1.50 bits per heavy atom. The maximum atomic E-state index is 9.69. The van der Waals surface area contributed by atoms with Crippen LogP contribution in [0.3, 0.4) is 0 Å². The number of aliphatic hydroxyl groups excluding tert-OH is 1. The van der Waals surface area contributed by atoms with Gasteiger partial charge in [0.2, 0.25) is 0 Å². The minimum atomic E-state index is -0.397. The smallest absolute Gasteiger partial charge is 0.127 e. The van der Waals surface area contributed by atoms with Gasteiger partial charge in [-0.25, -0.2) is 0 Å². The van der Waals surface area contributed by atoms with Crippen molar-refractivity contribution < 1.29 is 9.84 Å². The summed E-state index contributed by atoms with van der Waals surface area (Å²) in [6.45, 7) is 1.96. The lowest BCUT2D eigenvalue weighted by Gasteiger charge is -2.10. The van der Waals surface area contributed by atoms with E-state index in [1.54, 1.807) is 0 Å². The largest absolute Gasteiger partial charge is 0.457 e. The summed E-state index contributed by atoms with van der Waals surface area (Å²) in [4.78, 5) is 0. The molecule has 0 amide bonds. The molecule has 2 aromatic rings. The van der Waals surface area contributed by atoms with Crippen LogP contribution in [0, 0.1) is 0 Å². The molecule has 0 saturated heterocycles. The Balaban J connectivity index is 2.08. The highest BCUT2D eigenvalue weighted by molar-refractivity contribution is 9.10. The number of aliphatic hydroxyl groups is 1. The van der Waals surface area contributed by atoms with E-state index in [2.05, 4.69) is 15.9 Å². The van der Waals surface area contributed by atoms with Crippen LogP contribution in [-0.4, -0.2) is 5.11 Å². The van der Waals surface area contributed by atoms with Crippen molar-refractivity contribution in [2.24, 2.45) is 0 Å². The summed E-state index contributed by atoms with van der Waals surface area (Å²) in [7, 11) is 0. The lowest BCUT2D eigenvalue weighted by molar-refractivity contribution is 0.173. The van der Waals surface area contributed by atoms with Gasteiger partial charge in [0, 0.05) is 4.47 Å². The van der Waals surface area contributed by atoms with Crippen molar-refractivity contribution in [3.05, 3.63) is 58.6 Å². The third-order valence-corrected chi connectivity index (χ3v) is 3.23. The van der Waals surface area contributed by atoms with Gasteiger partial charge in [0.1, 0.15) is 11.5 Å². The Labute approximate surface area is 115 Å². The number of halogens is 1. The van der Waals surface area contributed by atoms with Crippen LogP contribution in [0.4, 0.5) is 0 Å². The van der Waals surface area contributed by atoms with Crippen molar-refractivity contribution in [2.45, 2.75) is 19.4 Å². The van der Waals surface area contributed by atoms with Crippen LogP contribution < -0.4 is 4.74 Å². The number of hydrogen-bond donors (Lipinski definition) is 1. The van der Waals surface area contributed by atoms with Gasteiger partial charge in [-0.1, -0.05) is 35.0 Å². The van der Waals surface area contributed by atoms with Gasteiger partial charge in [0.15, 0.2) is 0 Å². The first-order valence-electron chi connectivity index (χ1n) is 5.90. The highest BCUT2D eigenvalue weighted by atomic mass is 79.9. The maximum absolute atomic E-state index is 9.69. The van der Waals surface area contributed by atoms with Gasteiger partial charge < -0.3 is 9.84 Å². The van der Waals surface area contributed by atoms with Gasteiger partial charge in [-0.05, 0) is 48.4 Å². The van der Waals surface area contributed by atoms with Crippen LogP contribution in [0.2, 0.25) is 0 Å². The zero-order valence-corrected chi connectivity index (χ0v) is 11.7. The summed E-state index contributed by atoms with van der Waals surface area (Å²) in [5.41, 5.74) is 0.917. The van der Waals surface area contributed by atoms with Crippen molar-refractivity contribution in [1.29, 1.82) is 0 Å². The van der Waals surface area contributed by atoms with Crippen molar-refractivity contribution in [1.82, 2.24) is 0 Å². The van der Waals surface area contributed by atoms with Gasteiger partial charge in [-0.2, -0.15) is 0 Å². The van der Waals surface area contributed by atoms with Gasteiger partial charge in [-0.15, -0.1) is 0 Å². The standard InChI is InChI=1S/C15H15BrO2/c1-2-15(17)11-3-7-13(8-4-11)18-14-9-5-12(16)6-10-14/h3-10,15,17H,2H2,1H3/t15-/m0/s1. The SMILES string of the molecule is CC[C@H](O)c1ccc(Oc2ccc(Br)cc2)cc1. The predicted molar refractivity (Wildman–Crippen MR) is 75.9 cm³/mol. The molecule has 0 bridgehead atoms. The number of benzene rings is 2. The second-order valence-corrected chi connectivity index (χ2v) is 4.96. The molecule has 0 radical (unpaired) electrons. The predicted octanol–water partition coefficient (Wildman–Crippen LogP) is 4.68. The molecule has 2 nitrogen and oxygen atoms in total. The third-order valence-electron chi connectivity index (χ3n) is 2.70. The van der Waals surface area contributed by atoms with E-state index >= 15 is 0 Å².